The van der Waals surface area contributed by atoms with Crippen LogP contribution in [-0.4, -0.2) is 60.0 Å². The Hall–Kier alpha value is -2.65. The summed E-state index contributed by atoms with van der Waals surface area (Å²) in [5, 5.41) is 7.25. The smallest absolute Gasteiger partial charge is 0.326 e. The highest BCUT2D eigenvalue weighted by atomic mass is 16.5. The first kappa shape index (κ1) is 21.6. The van der Waals surface area contributed by atoms with Gasteiger partial charge in [0.15, 0.2) is 6.61 Å². The molecule has 2 rings (SSSR count). The third kappa shape index (κ3) is 4.99. The van der Waals surface area contributed by atoms with Crippen LogP contribution in [0.25, 0.3) is 0 Å². The molecule has 28 heavy (non-hydrogen) atoms. The number of amides is 6. The van der Waals surface area contributed by atoms with Gasteiger partial charge >= 0.3 is 18.0 Å². The van der Waals surface area contributed by atoms with Crippen molar-refractivity contribution in [2.75, 3.05) is 19.7 Å². The van der Waals surface area contributed by atoms with E-state index in [1.165, 1.54) is 0 Å². The first-order chi connectivity index (χ1) is 13.2. The quantitative estimate of drug-likeness (QED) is 0.442. The largest absolute Gasteiger partial charge is 0.454 e. The number of urea groups is 2. The Morgan fingerprint density at radius 1 is 1.29 bits per heavy atom. The number of rotatable bonds is 6. The molecule has 2 aliphatic rings. The summed E-state index contributed by atoms with van der Waals surface area (Å²) in [5.41, 5.74) is -0.957. The van der Waals surface area contributed by atoms with Crippen LogP contribution in [0.3, 0.4) is 0 Å². The molecule has 10 nitrogen and oxygen atoms in total. The molecule has 3 N–H and O–H groups in total. The average Bonchev–Trinajstić information content (AvgIpc) is 2.86. The highest BCUT2D eigenvalue weighted by molar-refractivity contribution is 6.09. The number of esters is 1. The number of hydrogen-bond donors (Lipinski definition) is 3. The van der Waals surface area contributed by atoms with E-state index >= 15 is 0 Å². The van der Waals surface area contributed by atoms with Crippen LogP contribution >= 0.6 is 0 Å². The molecule has 6 amide bonds. The van der Waals surface area contributed by atoms with Gasteiger partial charge in [0, 0.05) is 6.54 Å². The lowest BCUT2D eigenvalue weighted by molar-refractivity contribution is -0.151. The fourth-order valence-corrected chi connectivity index (χ4v) is 3.46. The zero-order valence-corrected chi connectivity index (χ0v) is 16.5. The van der Waals surface area contributed by atoms with Crippen molar-refractivity contribution in [2.24, 2.45) is 11.8 Å². The van der Waals surface area contributed by atoms with E-state index in [1.807, 2.05) is 26.1 Å². The SMILES string of the molecule is CC(C)CNC(=O)NC(=O)COC(=O)CN1C(=O)N[C@]2(CCCC[C@@H]2C)C1=O. The van der Waals surface area contributed by atoms with E-state index < -0.39 is 48.5 Å². The van der Waals surface area contributed by atoms with E-state index in [4.69, 9.17) is 4.74 Å². The first-order valence-electron chi connectivity index (χ1n) is 9.53. The molecule has 156 valence electrons. The van der Waals surface area contributed by atoms with Gasteiger partial charge in [-0.15, -0.1) is 0 Å². The van der Waals surface area contributed by atoms with Crippen molar-refractivity contribution in [1.82, 2.24) is 20.9 Å². The van der Waals surface area contributed by atoms with E-state index in [-0.39, 0.29) is 11.8 Å². The van der Waals surface area contributed by atoms with Crippen LogP contribution < -0.4 is 16.0 Å². The van der Waals surface area contributed by atoms with Crippen LogP contribution in [0.1, 0.15) is 46.5 Å². The predicted octanol–water partition coefficient (Wildman–Crippen LogP) is 0.512. The summed E-state index contributed by atoms with van der Waals surface area (Å²) in [6, 6.07) is -1.31. The van der Waals surface area contributed by atoms with Gasteiger partial charge in [-0.25, -0.2) is 9.59 Å². The van der Waals surface area contributed by atoms with Crippen molar-refractivity contribution < 1.29 is 28.7 Å². The number of imide groups is 2. The summed E-state index contributed by atoms with van der Waals surface area (Å²) in [4.78, 5) is 60.9. The van der Waals surface area contributed by atoms with Gasteiger partial charge in [-0.05, 0) is 24.7 Å². The van der Waals surface area contributed by atoms with Crippen LogP contribution in [0.5, 0.6) is 0 Å². The molecule has 1 saturated heterocycles. The molecule has 0 unspecified atom stereocenters. The molecule has 0 aromatic heterocycles. The Balaban J connectivity index is 1.81. The summed E-state index contributed by atoms with van der Waals surface area (Å²) in [6.45, 7) is 4.85. The van der Waals surface area contributed by atoms with E-state index in [9.17, 15) is 24.0 Å². The Morgan fingerprint density at radius 3 is 2.64 bits per heavy atom. The molecule has 2 atom stereocenters. The lowest BCUT2D eigenvalue weighted by Gasteiger charge is -2.36. The summed E-state index contributed by atoms with van der Waals surface area (Å²) in [5.74, 6) is -1.93. The molecule has 1 heterocycles. The lowest BCUT2D eigenvalue weighted by Crippen LogP contribution is -2.54. The second-order valence-corrected chi connectivity index (χ2v) is 7.75. The molecule has 1 aliphatic carbocycles. The maximum Gasteiger partial charge on any atom is 0.326 e. The third-order valence-corrected chi connectivity index (χ3v) is 5.08. The monoisotopic (exact) mass is 396 g/mol. The van der Waals surface area contributed by atoms with Gasteiger partial charge in [0.2, 0.25) is 0 Å². The minimum atomic E-state index is -0.957. The van der Waals surface area contributed by atoms with Gasteiger partial charge in [-0.1, -0.05) is 33.6 Å². The van der Waals surface area contributed by atoms with Gasteiger partial charge in [-0.3, -0.25) is 24.6 Å². The average molecular weight is 396 g/mol. The first-order valence-corrected chi connectivity index (χ1v) is 9.53. The molecular weight excluding hydrogens is 368 g/mol. The molecule has 0 radical (unpaired) electrons. The number of nitrogens with zero attached hydrogens (tertiary/aromatic N) is 1. The van der Waals surface area contributed by atoms with E-state index in [2.05, 4.69) is 10.6 Å². The van der Waals surface area contributed by atoms with E-state index in [0.717, 1.165) is 24.2 Å². The topological polar surface area (TPSA) is 134 Å². The predicted molar refractivity (Wildman–Crippen MR) is 97.9 cm³/mol. The van der Waals surface area contributed by atoms with Crippen LogP contribution in [-0.2, 0) is 19.1 Å². The molecule has 10 heteroatoms. The number of nitrogens with one attached hydrogen (secondary N) is 3. The molecular formula is C18H28N4O6. The van der Waals surface area contributed by atoms with Crippen LogP contribution in [0.4, 0.5) is 9.59 Å². The Bertz CT molecular complexity index is 664. The summed E-state index contributed by atoms with van der Waals surface area (Å²) < 4.78 is 4.79. The van der Waals surface area contributed by atoms with Crippen molar-refractivity contribution in [3.8, 4) is 0 Å². The number of carbonyl (C=O) groups excluding carboxylic acids is 5. The number of ether oxygens (including phenoxy) is 1. The van der Waals surface area contributed by atoms with Gasteiger partial charge < -0.3 is 15.4 Å². The second kappa shape index (κ2) is 9.03. The van der Waals surface area contributed by atoms with Crippen molar-refractivity contribution in [2.45, 2.75) is 52.0 Å². The minimum absolute atomic E-state index is 0.0196. The molecule has 0 bridgehead atoms. The molecule has 0 aromatic rings. The van der Waals surface area contributed by atoms with Crippen molar-refractivity contribution >= 4 is 29.8 Å². The Labute approximate surface area is 163 Å². The lowest BCUT2D eigenvalue weighted by atomic mass is 9.73. The summed E-state index contributed by atoms with van der Waals surface area (Å²) in [7, 11) is 0. The zero-order chi connectivity index (χ0) is 20.9. The Kier molecular flexibility index (Phi) is 6.98. The van der Waals surface area contributed by atoms with Crippen LogP contribution in [0, 0.1) is 11.8 Å². The molecule has 1 spiro atoms. The highest BCUT2D eigenvalue weighted by Gasteiger charge is 2.55. The number of carbonyl (C=O) groups is 5. The van der Waals surface area contributed by atoms with Crippen LogP contribution in [0.15, 0.2) is 0 Å². The maximum atomic E-state index is 12.8. The van der Waals surface area contributed by atoms with Crippen molar-refractivity contribution in [1.29, 1.82) is 0 Å². The van der Waals surface area contributed by atoms with E-state index in [1.54, 1.807) is 0 Å². The summed E-state index contributed by atoms with van der Waals surface area (Å²) >= 11 is 0. The molecule has 2 fully saturated rings. The molecule has 1 saturated carbocycles. The van der Waals surface area contributed by atoms with Gasteiger partial charge in [0.05, 0.1) is 0 Å². The zero-order valence-electron chi connectivity index (χ0n) is 16.5. The summed E-state index contributed by atoms with van der Waals surface area (Å²) in [6.07, 6.45) is 3.18. The fraction of sp³-hybridized carbons (Fsp3) is 0.722. The van der Waals surface area contributed by atoms with E-state index in [0.29, 0.717) is 13.0 Å². The molecule has 1 aliphatic heterocycles. The third-order valence-electron chi connectivity index (χ3n) is 5.08. The van der Waals surface area contributed by atoms with Crippen molar-refractivity contribution in [3.63, 3.8) is 0 Å². The fourth-order valence-electron chi connectivity index (χ4n) is 3.46. The van der Waals surface area contributed by atoms with Crippen molar-refractivity contribution in [3.05, 3.63) is 0 Å². The minimum Gasteiger partial charge on any atom is -0.454 e. The second-order valence-electron chi connectivity index (χ2n) is 7.75. The standard InChI is InChI=1S/C18H28N4O6/c1-11(2)8-19-16(26)20-13(23)10-28-14(24)9-22-15(25)18(21-17(22)27)7-5-4-6-12(18)3/h11-12H,4-10H2,1-3H3,(H,21,27)(H2,19,20,23,26)/t12-,18-/m0/s1. The molecule has 0 aromatic carbocycles. The van der Waals surface area contributed by atoms with Crippen LogP contribution in [0.2, 0.25) is 0 Å². The van der Waals surface area contributed by atoms with Gasteiger partial charge in [0.25, 0.3) is 11.8 Å². The maximum absolute atomic E-state index is 12.8. The van der Waals surface area contributed by atoms with Gasteiger partial charge in [-0.2, -0.15) is 0 Å². The number of hydrogen-bond acceptors (Lipinski definition) is 6. The normalized spacial score (nSPS) is 24.3. The highest BCUT2D eigenvalue weighted by Crippen LogP contribution is 2.38. The van der Waals surface area contributed by atoms with Gasteiger partial charge in [0.1, 0.15) is 12.1 Å². The Morgan fingerprint density at radius 2 is 2.00 bits per heavy atom.